The molecule has 0 aliphatic rings. The molecule has 0 saturated heterocycles. The number of thiazole rings is 1. The number of halogens is 1. The molecule has 2 aromatic rings. The van der Waals surface area contributed by atoms with Crippen molar-refractivity contribution in [2.45, 2.75) is 6.92 Å². The van der Waals surface area contributed by atoms with Gasteiger partial charge < -0.3 is 4.74 Å². The van der Waals surface area contributed by atoms with Crippen molar-refractivity contribution in [3.63, 3.8) is 0 Å². The van der Waals surface area contributed by atoms with Gasteiger partial charge in [-0.05, 0) is 25.1 Å². The minimum atomic E-state index is -0.216. The van der Waals surface area contributed by atoms with Crippen LogP contribution in [-0.4, -0.2) is 18.0 Å². The molecule has 1 N–H and O–H groups in total. The maximum Gasteiger partial charge on any atom is 0.250 e. The molecule has 0 saturated carbocycles. The summed E-state index contributed by atoms with van der Waals surface area (Å²) in [7, 11) is 1.57. The fraction of sp³-hybridized carbons (Fsp3) is 0.125. The monoisotopic (exact) mass is 334 g/mol. The van der Waals surface area contributed by atoms with Crippen molar-refractivity contribution in [3.8, 4) is 17.0 Å². The molecule has 0 fully saturated rings. The highest BCUT2D eigenvalue weighted by Crippen LogP contribution is 2.31. The first kappa shape index (κ1) is 16.3. The number of aromatic nitrogens is 1. The molecule has 1 aromatic carbocycles. The van der Waals surface area contributed by atoms with Gasteiger partial charge in [-0.1, -0.05) is 29.8 Å². The average Bonchev–Trinajstić information content (AvgIpc) is 2.96. The Hall–Kier alpha value is -2.11. The zero-order valence-corrected chi connectivity index (χ0v) is 13.7. The van der Waals surface area contributed by atoms with Gasteiger partial charge in [0.25, 0.3) is 0 Å². The Labute approximate surface area is 138 Å². The van der Waals surface area contributed by atoms with E-state index >= 15 is 0 Å². The van der Waals surface area contributed by atoms with Crippen LogP contribution in [0.2, 0.25) is 5.02 Å². The second-order valence-corrected chi connectivity index (χ2v) is 5.53. The van der Waals surface area contributed by atoms with Crippen LogP contribution in [0.1, 0.15) is 6.92 Å². The van der Waals surface area contributed by atoms with Gasteiger partial charge in [0, 0.05) is 17.0 Å². The van der Waals surface area contributed by atoms with Gasteiger partial charge in [-0.2, -0.15) is 0 Å². The summed E-state index contributed by atoms with van der Waals surface area (Å²) in [6.07, 6.45) is 6.75. The van der Waals surface area contributed by atoms with E-state index in [0.29, 0.717) is 15.9 Å². The standard InChI is InChI=1S/C16H15ClN2O2S/c1-3-4-5-6-15(20)19-16-18-13(10-22-16)11-7-8-14(21-2)12(17)9-11/h3-10H,1-2H3,(H,18,19,20)/b4-3+,6-5+. The zero-order chi connectivity index (χ0) is 15.9. The minimum absolute atomic E-state index is 0.216. The number of anilines is 1. The molecule has 0 bridgehead atoms. The van der Waals surface area contributed by atoms with Gasteiger partial charge in [0.15, 0.2) is 5.13 Å². The van der Waals surface area contributed by atoms with Gasteiger partial charge in [0.1, 0.15) is 5.75 Å². The average molecular weight is 335 g/mol. The molecule has 1 heterocycles. The molecular formula is C16H15ClN2O2S. The smallest absolute Gasteiger partial charge is 0.250 e. The number of allylic oxidation sites excluding steroid dienone is 3. The number of rotatable bonds is 5. The summed E-state index contributed by atoms with van der Waals surface area (Å²) in [5.74, 6) is 0.398. The zero-order valence-electron chi connectivity index (χ0n) is 12.2. The van der Waals surface area contributed by atoms with Crippen molar-refractivity contribution in [1.29, 1.82) is 0 Å². The van der Waals surface area contributed by atoms with Gasteiger partial charge >= 0.3 is 0 Å². The van der Waals surface area contributed by atoms with Crippen molar-refractivity contribution in [2.75, 3.05) is 12.4 Å². The molecule has 1 amide bonds. The van der Waals surface area contributed by atoms with Crippen molar-refractivity contribution < 1.29 is 9.53 Å². The second kappa shape index (κ2) is 7.77. The summed E-state index contributed by atoms with van der Waals surface area (Å²) in [6, 6.07) is 5.44. The van der Waals surface area contributed by atoms with Gasteiger partial charge in [-0.3, -0.25) is 10.1 Å². The van der Waals surface area contributed by atoms with Crippen LogP contribution in [0.3, 0.4) is 0 Å². The number of hydrogen-bond donors (Lipinski definition) is 1. The highest BCUT2D eigenvalue weighted by molar-refractivity contribution is 7.14. The third kappa shape index (κ3) is 4.19. The second-order valence-electron chi connectivity index (χ2n) is 4.26. The molecule has 6 heteroatoms. The number of carbonyl (C=O) groups excluding carboxylic acids is 1. The molecule has 0 radical (unpaired) electrons. The van der Waals surface area contributed by atoms with Crippen molar-refractivity contribution in [2.24, 2.45) is 0 Å². The molecule has 0 unspecified atom stereocenters. The quantitative estimate of drug-likeness (QED) is 0.645. The van der Waals surface area contributed by atoms with Gasteiger partial charge in [-0.25, -0.2) is 4.98 Å². The van der Waals surface area contributed by atoms with Gasteiger partial charge in [0.05, 0.1) is 17.8 Å². The molecule has 22 heavy (non-hydrogen) atoms. The summed E-state index contributed by atoms with van der Waals surface area (Å²) in [5, 5.41) is 5.64. The maximum atomic E-state index is 11.7. The van der Waals surface area contributed by atoms with Gasteiger partial charge in [-0.15, -0.1) is 11.3 Å². The number of carbonyl (C=O) groups is 1. The molecule has 2 rings (SSSR count). The Bertz CT molecular complexity index is 723. The first-order valence-corrected chi connectivity index (χ1v) is 7.79. The van der Waals surface area contributed by atoms with Crippen LogP contribution in [0.15, 0.2) is 47.9 Å². The van der Waals surface area contributed by atoms with E-state index in [9.17, 15) is 4.79 Å². The Morgan fingerprint density at radius 2 is 2.23 bits per heavy atom. The molecule has 4 nitrogen and oxygen atoms in total. The number of nitrogens with zero attached hydrogens (tertiary/aromatic N) is 1. The van der Waals surface area contributed by atoms with Crippen LogP contribution in [0.5, 0.6) is 5.75 Å². The van der Waals surface area contributed by atoms with Crippen LogP contribution in [0.25, 0.3) is 11.3 Å². The Morgan fingerprint density at radius 1 is 1.41 bits per heavy atom. The predicted molar refractivity (Wildman–Crippen MR) is 91.7 cm³/mol. The topological polar surface area (TPSA) is 51.2 Å². The lowest BCUT2D eigenvalue weighted by atomic mass is 10.2. The molecule has 0 spiro atoms. The van der Waals surface area contributed by atoms with Crippen molar-refractivity contribution >= 4 is 34.0 Å². The lowest BCUT2D eigenvalue weighted by Crippen LogP contribution is -2.07. The van der Waals surface area contributed by atoms with Gasteiger partial charge in [0.2, 0.25) is 5.91 Å². The first-order chi connectivity index (χ1) is 10.6. The summed E-state index contributed by atoms with van der Waals surface area (Å²) in [4.78, 5) is 16.0. The summed E-state index contributed by atoms with van der Waals surface area (Å²) < 4.78 is 5.12. The van der Waals surface area contributed by atoms with Crippen LogP contribution in [0, 0.1) is 0 Å². The van der Waals surface area contributed by atoms with E-state index in [1.807, 2.05) is 24.4 Å². The Balaban J connectivity index is 2.11. The molecule has 0 aliphatic carbocycles. The minimum Gasteiger partial charge on any atom is -0.495 e. The molecule has 114 valence electrons. The SMILES string of the molecule is C/C=C/C=C/C(=O)Nc1nc(-c2ccc(OC)c(Cl)c2)cs1. The predicted octanol–water partition coefficient (Wildman–Crippen LogP) is 4.54. The molecule has 0 aliphatic heterocycles. The number of hydrogen-bond acceptors (Lipinski definition) is 4. The maximum absolute atomic E-state index is 11.7. The number of methoxy groups -OCH3 is 1. The largest absolute Gasteiger partial charge is 0.495 e. The van der Waals surface area contributed by atoms with E-state index in [1.54, 1.807) is 31.4 Å². The lowest BCUT2D eigenvalue weighted by molar-refractivity contribution is -0.111. The van der Waals surface area contributed by atoms with Crippen LogP contribution < -0.4 is 10.1 Å². The summed E-state index contributed by atoms with van der Waals surface area (Å²) in [5.41, 5.74) is 1.62. The van der Waals surface area contributed by atoms with E-state index in [1.165, 1.54) is 17.4 Å². The third-order valence-electron chi connectivity index (χ3n) is 2.73. The van der Waals surface area contributed by atoms with Crippen molar-refractivity contribution in [1.82, 2.24) is 4.98 Å². The van der Waals surface area contributed by atoms with E-state index in [2.05, 4.69) is 10.3 Å². The van der Waals surface area contributed by atoms with Crippen molar-refractivity contribution in [3.05, 3.63) is 52.9 Å². The third-order valence-corrected chi connectivity index (χ3v) is 3.79. The number of amides is 1. The van der Waals surface area contributed by atoms with E-state index < -0.39 is 0 Å². The van der Waals surface area contributed by atoms with Crippen LogP contribution >= 0.6 is 22.9 Å². The summed E-state index contributed by atoms with van der Waals surface area (Å²) >= 11 is 7.47. The molecular weight excluding hydrogens is 320 g/mol. The Morgan fingerprint density at radius 3 is 2.91 bits per heavy atom. The van der Waals surface area contributed by atoms with E-state index in [-0.39, 0.29) is 5.91 Å². The molecule has 0 atom stereocenters. The molecule has 1 aromatic heterocycles. The fourth-order valence-corrected chi connectivity index (χ4v) is 2.67. The lowest BCUT2D eigenvalue weighted by Gasteiger charge is -2.04. The normalized spacial score (nSPS) is 11.2. The highest BCUT2D eigenvalue weighted by Gasteiger charge is 2.08. The highest BCUT2D eigenvalue weighted by atomic mass is 35.5. The number of nitrogens with one attached hydrogen (secondary N) is 1. The van der Waals surface area contributed by atoms with Crippen LogP contribution in [0.4, 0.5) is 5.13 Å². The van der Waals surface area contributed by atoms with E-state index in [4.69, 9.17) is 16.3 Å². The Kier molecular flexibility index (Phi) is 5.75. The van der Waals surface area contributed by atoms with E-state index in [0.717, 1.165) is 11.3 Å². The number of benzene rings is 1. The van der Waals surface area contributed by atoms with Crippen LogP contribution in [-0.2, 0) is 4.79 Å². The summed E-state index contributed by atoms with van der Waals surface area (Å²) in [6.45, 7) is 1.88. The number of ether oxygens (including phenoxy) is 1. The fourth-order valence-electron chi connectivity index (χ4n) is 1.69. The first-order valence-electron chi connectivity index (χ1n) is 6.54.